The van der Waals surface area contributed by atoms with Crippen LogP contribution in [0.2, 0.25) is 0 Å². The Labute approximate surface area is 100 Å². The van der Waals surface area contributed by atoms with E-state index in [0.29, 0.717) is 0 Å². The second kappa shape index (κ2) is 6.75. The Morgan fingerprint density at radius 2 is 2.06 bits per heavy atom. The highest BCUT2D eigenvalue weighted by atomic mass is 16.6. The summed E-state index contributed by atoms with van der Waals surface area (Å²) < 4.78 is 5.07. The normalized spacial score (nSPS) is 12.2. The molecule has 1 N–H and O–H groups in total. The number of ether oxygens (including phenoxy) is 1. The molecular weight excluding hydrogens is 224 g/mol. The zero-order valence-electron chi connectivity index (χ0n) is 10.6. The van der Waals surface area contributed by atoms with Crippen LogP contribution in [0.5, 0.6) is 0 Å². The van der Waals surface area contributed by atoms with Gasteiger partial charge in [0, 0.05) is 18.4 Å². The third-order valence-electron chi connectivity index (χ3n) is 1.78. The molecule has 0 rings (SSSR count). The lowest BCUT2D eigenvalue weighted by atomic mass is 10.1. The van der Waals surface area contributed by atoms with Gasteiger partial charge in [-0.1, -0.05) is 5.11 Å². The van der Waals surface area contributed by atoms with Crippen LogP contribution in [0.15, 0.2) is 5.11 Å². The summed E-state index contributed by atoms with van der Waals surface area (Å²) in [6.07, 6.45) is 0.174. The number of hydrogen-bond donors (Lipinski definition) is 1. The molecule has 1 amide bonds. The Hall–Kier alpha value is -1.75. The number of carbonyl (C=O) groups is 2. The SMILES string of the molecule is CNC(=O)[C@H](CCC(=O)OC(C)(C)C)N=[N+]=[N-]. The van der Waals surface area contributed by atoms with E-state index in [-0.39, 0.29) is 12.8 Å². The van der Waals surface area contributed by atoms with Crippen molar-refractivity contribution < 1.29 is 14.3 Å². The molecule has 0 spiro atoms. The molecule has 0 aliphatic carbocycles. The first-order valence-electron chi connectivity index (χ1n) is 5.28. The van der Waals surface area contributed by atoms with E-state index in [9.17, 15) is 9.59 Å². The van der Waals surface area contributed by atoms with E-state index in [4.69, 9.17) is 10.3 Å². The molecule has 0 saturated carbocycles. The van der Waals surface area contributed by atoms with Gasteiger partial charge in [-0.25, -0.2) is 0 Å². The zero-order chi connectivity index (χ0) is 13.5. The molecule has 0 bridgehead atoms. The molecule has 96 valence electrons. The van der Waals surface area contributed by atoms with Crippen LogP contribution in [-0.2, 0) is 14.3 Å². The van der Waals surface area contributed by atoms with Gasteiger partial charge in [-0.15, -0.1) is 0 Å². The van der Waals surface area contributed by atoms with Crippen molar-refractivity contribution >= 4 is 11.9 Å². The molecule has 0 radical (unpaired) electrons. The average molecular weight is 242 g/mol. The number of esters is 1. The van der Waals surface area contributed by atoms with Gasteiger partial charge in [0.25, 0.3) is 0 Å². The lowest BCUT2D eigenvalue weighted by molar-refractivity contribution is -0.155. The number of rotatable bonds is 5. The van der Waals surface area contributed by atoms with Crippen LogP contribution in [0.25, 0.3) is 10.4 Å². The lowest BCUT2D eigenvalue weighted by Crippen LogP contribution is -2.31. The van der Waals surface area contributed by atoms with Gasteiger partial charge in [-0.2, -0.15) is 0 Å². The predicted molar refractivity (Wildman–Crippen MR) is 62.1 cm³/mol. The highest BCUT2D eigenvalue weighted by Crippen LogP contribution is 2.11. The van der Waals surface area contributed by atoms with Gasteiger partial charge in [0.2, 0.25) is 5.91 Å². The molecule has 0 saturated heterocycles. The number of nitrogens with zero attached hydrogens (tertiary/aromatic N) is 3. The Morgan fingerprint density at radius 3 is 2.47 bits per heavy atom. The topological polar surface area (TPSA) is 104 Å². The molecule has 0 aromatic rings. The summed E-state index contributed by atoms with van der Waals surface area (Å²) in [4.78, 5) is 25.2. The zero-order valence-corrected chi connectivity index (χ0v) is 10.6. The maximum atomic E-state index is 11.4. The second-order valence-electron chi connectivity index (χ2n) is 4.46. The molecule has 7 heteroatoms. The summed E-state index contributed by atoms with van der Waals surface area (Å²) in [5.41, 5.74) is 7.74. The summed E-state index contributed by atoms with van der Waals surface area (Å²) >= 11 is 0. The fourth-order valence-corrected chi connectivity index (χ4v) is 1.12. The minimum absolute atomic E-state index is 0.0361. The van der Waals surface area contributed by atoms with E-state index in [1.54, 1.807) is 20.8 Å². The molecular formula is C10H18N4O3. The van der Waals surface area contributed by atoms with Gasteiger partial charge >= 0.3 is 5.97 Å². The summed E-state index contributed by atoms with van der Waals surface area (Å²) in [5.74, 6) is -0.828. The smallest absolute Gasteiger partial charge is 0.306 e. The molecule has 0 fully saturated rings. The third kappa shape index (κ3) is 7.19. The van der Waals surface area contributed by atoms with Crippen molar-refractivity contribution in [2.75, 3.05) is 7.05 Å². The van der Waals surface area contributed by atoms with Crippen molar-refractivity contribution in [2.45, 2.75) is 45.3 Å². The van der Waals surface area contributed by atoms with Gasteiger partial charge in [-0.05, 0) is 32.7 Å². The predicted octanol–water partition coefficient (Wildman–Crippen LogP) is 1.53. The third-order valence-corrected chi connectivity index (χ3v) is 1.78. The fraction of sp³-hybridized carbons (Fsp3) is 0.800. The highest BCUT2D eigenvalue weighted by molar-refractivity contribution is 5.82. The maximum absolute atomic E-state index is 11.4. The first-order valence-corrected chi connectivity index (χ1v) is 5.28. The molecule has 0 aliphatic rings. The highest BCUT2D eigenvalue weighted by Gasteiger charge is 2.20. The van der Waals surface area contributed by atoms with E-state index in [2.05, 4.69) is 15.3 Å². The molecule has 0 aliphatic heterocycles. The lowest BCUT2D eigenvalue weighted by Gasteiger charge is -2.19. The number of hydrogen-bond acceptors (Lipinski definition) is 4. The van der Waals surface area contributed by atoms with E-state index in [0.717, 1.165) is 0 Å². The average Bonchev–Trinajstić information content (AvgIpc) is 2.20. The molecule has 0 aromatic heterocycles. The van der Waals surface area contributed by atoms with Crippen LogP contribution in [0, 0.1) is 0 Å². The molecule has 1 atom stereocenters. The Balaban J connectivity index is 4.27. The van der Waals surface area contributed by atoms with Crippen LogP contribution >= 0.6 is 0 Å². The molecule has 0 heterocycles. The first-order chi connectivity index (χ1) is 7.80. The van der Waals surface area contributed by atoms with Crippen molar-refractivity contribution in [2.24, 2.45) is 5.11 Å². The van der Waals surface area contributed by atoms with E-state index >= 15 is 0 Å². The monoisotopic (exact) mass is 242 g/mol. The van der Waals surface area contributed by atoms with Crippen molar-refractivity contribution in [1.82, 2.24) is 5.32 Å². The first kappa shape index (κ1) is 15.2. The molecule has 0 aromatic carbocycles. The minimum atomic E-state index is -0.877. The van der Waals surface area contributed by atoms with Crippen LogP contribution in [-0.4, -0.2) is 30.6 Å². The van der Waals surface area contributed by atoms with Gasteiger partial charge in [0.1, 0.15) is 11.6 Å². The standard InChI is InChI=1S/C10H18N4O3/c1-10(2,3)17-8(15)6-5-7(13-14-11)9(16)12-4/h7H,5-6H2,1-4H3,(H,12,16)/t7-/m0/s1. The number of carbonyl (C=O) groups excluding carboxylic acids is 2. The van der Waals surface area contributed by atoms with Crippen LogP contribution in [0.3, 0.4) is 0 Å². The number of likely N-dealkylation sites (N-methyl/N-ethyl adjacent to an activating group) is 1. The van der Waals surface area contributed by atoms with E-state index in [1.165, 1.54) is 7.05 Å². The van der Waals surface area contributed by atoms with E-state index in [1.807, 2.05) is 0 Å². The largest absolute Gasteiger partial charge is 0.460 e. The van der Waals surface area contributed by atoms with Gasteiger partial charge in [0.05, 0.1) is 0 Å². The molecule has 0 unspecified atom stereocenters. The van der Waals surface area contributed by atoms with Crippen LogP contribution < -0.4 is 5.32 Å². The summed E-state index contributed by atoms with van der Waals surface area (Å²) in [5, 5.41) is 5.69. The van der Waals surface area contributed by atoms with Gasteiger partial charge in [-0.3, -0.25) is 9.59 Å². The fourth-order valence-electron chi connectivity index (χ4n) is 1.12. The quantitative estimate of drug-likeness (QED) is 0.342. The summed E-state index contributed by atoms with van der Waals surface area (Å²) in [6.45, 7) is 5.28. The van der Waals surface area contributed by atoms with Crippen molar-refractivity contribution in [3.63, 3.8) is 0 Å². The Bertz CT molecular complexity index is 329. The summed E-state index contributed by atoms with van der Waals surface area (Å²) in [7, 11) is 1.44. The van der Waals surface area contributed by atoms with Crippen molar-refractivity contribution in [3.8, 4) is 0 Å². The number of amides is 1. The summed E-state index contributed by atoms with van der Waals surface area (Å²) in [6, 6.07) is -0.877. The Morgan fingerprint density at radius 1 is 1.47 bits per heavy atom. The van der Waals surface area contributed by atoms with Crippen LogP contribution in [0.1, 0.15) is 33.6 Å². The number of nitrogens with one attached hydrogen (secondary N) is 1. The minimum Gasteiger partial charge on any atom is -0.460 e. The van der Waals surface area contributed by atoms with Crippen molar-refractivity contribution in [3.05, 3.63) is 10.4 Å². The van der Waals surface area contributed by atoms with Gasteiger partial charge in [0.15, 0.2) is 0 Å². The van der Waals surface area contributed by atoms with Crippen LogP contribution in [0.4, 0.5) is 0 Å². The van der Waals surface area contributed by atoms with E-state index < -0.39 is 23.5 Å². The molecule has 7 nitrogen and oxygen atoms in total. The maximum Gasteiger partial charge on any atom is 0.306 e. The number of azide groups is 1. The molecule has 17 heavy (non-hydrogen) atoms. The second-order valence-corrected chi connectivity index (χ2v) is 4.46. The Kier molecular flexibility index (Phi) is 6.06. The van der Waals surface area contributed by atoms with Crippen molar-refractivity contribution in [1.29, 1.82) is 0 Å². The van der Waals surface area contributed by atoms with Gasteiger partial charge < -0.3 is 10.1 Å².